The van der Waals surface area contributed by atoms with Crippen molar-refractivity contribution in [1.82, 2.24) is 0 Å². The lowest BCUT2D eigenvalue weighted by Crippen LogP contribution is -2.62. The number of phosphoric acid groups is 2. The van der Waals surface area contributed by atoms with Gasteiger partial charge in [-0.05, 0) is 0 Å². The molecule has 0 amide bonds. The van der Waals surface area contributed by atoms with Gasteiger partial charge in [0.1, 0.15) is 18.3 Å². The van der Waals surface area contributed by atoms with Crippen LogP contribution in [0.25, 0.3) is 0 Å². The van der Waals surface area contributed by atoms with Crippen molar-refractivity contribution in [3.8, 4) is 0 Å². The first-order valence-electron chi connectivity index (χ1n) is 6.09. The van der Waals surface area contributed by atoms with Gasteiger partial charge < -0.3 is 44.7 Å². The van der Waals surface area contributed by atoms with Crippen molar-refractivity contribution in [1.29, 1.82) is 0 Å². The van der Waals surface area contributed by atoms with Gasteiger partial charge in [-0.1, -0.05) is 0 Å². The second-order valence-electron chi connectivity index (χ2n) is 4.84. The second-order valence-corrected chi connectivity index (χ2v) is 7.24. The molecule has 0 bridgehead atoms. The Hall–Kier alpha value is -0.470. The predicted molar refractivity (Wildman–Crippen MR) is 69.0 cm³/mol. The molecule has 1 heterocycles. The minimum Gasteiger partial charge on any atom is -0.477 e. The molecule has 0 aromatic heterocycles. The lowest BCUT2D eigenvalue weighted by Gasteiger charge is -2.43. The molecule has 5 atom stereocenters. The van der Waals surface area contributed by atoms with Crippen LogP contribution >= 0.6 is 15.6 Å². The van der Waals surface area contributed by atoms with Gasteiger partial charge in [-0.25, -0.2) is 18.4 Å². The summed E-state index contributed by atoms with van der Waals surface area (Å²) >= 11 is 0. The molecule has 8 N–H and O–H groups in total. The first-order valence-corrected chi connectivity index (χ1v) is 9.15. The Morgan fingerprint density at radius 3 is 2.17 bits per heavy atom. The molecular weight excluding hydrogens is 382 g/mol. The highest BCUT2D eigenvalue weighted by Crippen LogP contribution is 2.46. The van der Waals surface area contributed by atoms with Crippen molar-refractivity contribution in [3.63, 3.8) is 0 Å². The predicted octanol–water partition coefficient (Wildman–Crippen LogP) is -3.14. The van der Waals surface area contributed by atoms with Crippen LogP contribution in [-0.2, 0) is 27.7 Å². The first-order chi connectivity index (χ1) is 10.7. The van der Waals surface area contributed by atoms with Crippen molar-refractivity contribution in [2.24, 2.45) is 0 Å². The molecule has 16 heteroatoms. The van der Waals surface area contributed by atoms with E-state index in [1.54, 1.807) is 0 Å². The normalized spacial score (nSPS) is 33.2. The fourth-order valence-electron chi connectivity index (χ4n) is 1.95. The van der Waals surface area contributed by atoms with Crippen LogP contribution in [0.2, 0.25) is 0 Å². The summed E-state index contributed by atoms with van der Waals surface area (Å²) in [6.45, 7) is -1.15. The Kier molecular flexibility index (Phi) is 6.66. The largest absolute Gasteiger partial charge is 0.477 e. The number of ether oxygens (including phenoxy) is 1. The topological polar surface area (TPSA) is 241 Å². The number of carbonyl (C=O) groups is 1. The summed E-state index contributed by atoms with van der Waals surface area (Å²) in [5.74, 6) is -5.20. The van der Waals surface area contributed by atoms with Gasteiger partial charge in [-0.2, -0.15) is 0 Å². The summed E-state index contributed by atoms with van der Waals surface area (Å²) in [6, 6.07) is 0. The monoisotopic (exact) mass is 398 g/mol. The third kappa shape index (κ3) is 5.81. The van der Waals surface area contributed by atoms with E-state index in [1.165, 1.54) is 0 Å². The van der Waals surface area contributed by atoms with Crippen LogP contribution in [0.15, 0.2) is 0 Å². The Morgan fingerprint density at radius 2 is 1.75 bits per heavy atom. The van der Waals surface area contributed by atoms with Crippen LogP contribution in [0.1, 0.15) is 6.42 Å². The van der Waals surface area contributed by atoms with Crippen LogP contribution < -0.4 is 0 Å². The number of carboxylic acids is 1. The van der Waals surface area contributed by atoms with Crippen LogP contribution in [0.5, 0.6) is 0 Å². The summed E-state index contributed by atoms with van der Waals surface area (Å²) in [4.78, 5) is 45.9. The van der Waals surface area contributed by atoms with Gasteiger partial charge >= 0.3 is 21.6 Å². The smallest absolute Gasteiger partial charge is 0.472 e. The van der Waals surface area contributed by atoms with Crippen LogP contribution in [0.3, 0.4) is 0 Å². The van der Waals surface area contributed by atoms with Crippen molar-refractivity contribution < 1.29 is 67.7 Å². The molecule has 1 fully saturated rings. The molecule has 0 aliphatic carbocycles. The van der Waals surface area contributed by atoms with Gasteiger partial charge in [-0.15, -0.1) is 0 Å². The van der Waals surface area contributed by atoms with Crippen molar-refractivity contribution in [2.45, 2.75) is 36.6 Å². The number of phosphoric ester groups is 2. The summed E-state index contributed by atoms with van der Waals surface area (Å²) in [7, 11) is -10.5. The SMILES string of the molecule is O=C(O)C1(OP(=O)(O)O)CC(O)C(O)C([C@H](O)COP(=O)(O)O)O1. The summed E-state index contributed by atoms with van der Waals surface area (Å²) in [5.41, 5.74) is 0. The number of rotatable bonds is 7. The van der Waals surface area contributed by atoms with E-state index in [0.29, 0.717) is 0 Å². The van der Waals surface area contributed by atoms with E-state index in [2.05, 4.69) is 9.05 Å². The van der Waals surface area contributed by atoms with Gasteiger partial charge in [-0.3, -0.25) is 4.52 Å². The lowest BCUT2D eigenvalue weighted by molar-refractivity contribution is -0.302. The third-order valence-electron chi connectivity index (χ3n) is 2.92. The average molecular weight is 398 g/mol. The van der Waals surface area contributed by atoms with Crippen LogP contribution in [0.4, 0.5) is 0 Å². The van der Waals surface area contributed by atoms with E-state index < -0.39 is 64.8 Å². The lowest BCUT2D eigenvalue weighted by atomic mass is 9.93. The zero-order chi connectivity index (χ0) is 18.9. The van der Waals surface area contributed by atoms with Gasteiger partial charge in [0.15, 0.2) is 0 Å². The molecule has 4 unspecified atom stereocenters. The molecule has 0 aromatic carbocycles. The van der Waals surface area contributed by atoms with Gasteiger partial charge in [0.2, 0.25) is 0 Å². The van der Waals surface area contributed by atoms with E-state index in [0.717, 1.165) is 0 Å². The van der Waals surface area contributed by atoms with Gasteiger partial charge in [0.25, 0.3) is 5.79 Å². The molecule has 1 aliphatic rings. The van der Waals surface area contributed by atoms with Crippen LogP contribution in [0, 0.1) is 0 Å². The number of aliphatic hydroxyl groups excluding tert-OH is 3. The molecule has 142 valence electrons. The zero-order valence-electron chi connectivity index (χ0n) is 11.6. The number of aliphatic hydroxyl groups is 3. The third-order valence-corrected chi connectivity index (χ3v) is 3.94. The fraction of sp³-hybridized carbons (Fsp3) is 0.875. The average Bonchev–Trinajstić information content (AvgIpc) is 2.37. The highest BCUT2D eigenvalue weighted by atomic mass is 31.2. The standard InChI is InChI=1S/C8H16O14P2/c9-3-1-8(7(12)13,22-24(17,18)19)21-6(5(3)11)4(10)2-20-23(14,15)16/h3-6,9-11H,1-2H2,(H,12,13)(H2,14,15,16)(H2,17,18,19)/t3?,4-,5?,6?,8?/m1/s1. The first kappa shape index (κ1) is 21.6. The molecule has 0 saturated carbocycles. The van der Waals surface area contributed by atoms with E-state index in [1.807, 2.05) is 0 Å². The highest BCUT2D eigenvalue weighted by molar-refractivity contribution is 7.46. The number of hydrogen-bond acceptors (Lipinski definition) is 9. The summed E-state index contributed by atoms with van der Waals surface area (Å²) < 4.78 is 34.2. The number of aliphatic carboxylic acids is 1. The van der Waals surface area contributed by atoms with E-state index in [4.69, 9.17) is 29.4 Å². The maximum Gasteiger partial charge on any atom is 0.472 e. The minimum absolute atomic E-state index is 1.10. The Bertz CT molecular complexity index is 553. The maximum atomic E-state index is 11.3. The maximum absolute atomic E-state index is 11.3. The molecule has 0 spiro atoms. The molecular formula is C8H16O14P2. The Morgan fingerprint density at radius 1 is 1.21 bits per heavy atom. The number of carboxylic acid groups (broad SMARTS) is 1. The molecule has 1 rings (SSSR count). The van der Waals surface area contributed by atoms with Crippen molar-refractivity contribution in [3.05, 3.63) is 0 Å². The van der Waals surface area contributed by atoms with E-state index in [-0.39, 0.29) is 0 Å². The van der Waals surface area contributed by atoms with Crippen molar-refractivity contribution >= 4 is 21.6 Å². The quantitative estimate of drug-likeness (QED) is 0.198. The van der Waals surface area contributed by atoms with Gasteiger partial charge in [0.05, 0.1) is 12.7 Å². The number of hydrogen-bond donors (Lipinski definition) is 8. The highest BCUT2D eigenvalue weighted by Gasteiger charge is 2.57. The van der Waals surface area contributed by atoms with Crippen molar-refractivity contribution in [2.75, 3.05) is 6.61 Å². The minimum atomic E-state index is -5.43. The summed E-state index contributed by atoms with van der Waals surface area (Å²) in [5, 5.41) is 38.2. The Balaban J connectivity index is 3.05. The van der Waals surface area contributed by atoms with Crippen LogP contribution in [-0.4, -0.2) is 82.8 Å². The summed E-state index contributed by atoms with van der Waals surface area (Å²) in [6.07, 6.45) is -9.16. The molecule has 0 radical (unpaired) electrons. The fourth-order valence-corrected chi connectivity index (χ4v) is 2.88. The molecule has 14 nitrogen and oxygen atoms in total. The molecule has 0 aromatic rings. The van der Waals surface area contributed by atoms with E-state index >= 15 is 0 Å². The Labute approximate surface area is 133 Å². The van der Waals surface area contributed by atoms with Gasteiger partial charge in [0, 0.05) is 6.42 Å². The molecule has 24 heavy (non-hydrogen) atoms. The zero-order valence-corrected chi connectivity index (χ0v) is 13.4. The molecule has 1 saturated heterocycles. The van der Waals surface area contributed by atoms with E-state index in [9.17, 15) is 29.2 Å². The molecule has 1 aliphatic heterocycles. The second kappa shape index (κ2) is 7.41.